The first kappa shape index (κ1) is 12.5. The molecule has 0 amide bonds. The van der Waals surface area contributed by atoms with Crippen molar-refractivity contribution >= 4 is 0 Å². The molecule has 0 saturated carbocycles. The van der Waals surface area contributed by atoms with Crippen LogP contribution in [0.1, 0.15) is 11.1 Å². The standard InChI is InChI=1S/C14H10F3O/c15-14(16,17)12-6-4-5-11(9-12)10-18-13-7-2-1-3-8-13/h2-9H,10H2. The lowest BCUT2D eigenvalue weighted by Crippen LogP contribution is -2.06. The molecule has 0 aliphatic carbocycles. The molecule has 1 nitrogen and oxygen atoms in total. The molecule has 2 rings (SSSR count). The summed E-state index contributed by atoms with van der Waals surface area (Å²) >= 11 is 0. The summed E-state index contributed by atoms with van der Waals surface area (Å²) in [7, 11) is 0. The highest BCUT2D eigenvalue weighted by Crippen LogP contribution is 2.29. The van der Waals surface area contributed by atoms with E-state index in [-0.39, 0.29) is 6.61 Å². The van der Waals surface area contributed by atoms with Crippen molar-refractivity contribution in [3.63, 3.8) is 0 Å². The minimum absolute atomic E-state index is 0.105. The fourth-order valence-corrected chi connectivity index (χ4v) is 1.47. The van der Waals surface area contributed by atoms with Gasteiger partial charge in [0, 0.05) is 0 Å². The largest absolute Gasteiger partial charge is 0.489 e. The third-order valence-corrected chi connectivity index (χ3v) is 2.35. The molecule has 4 heteroatoms. The Morgan fingerprint density at radius 2 is 1.78 bits per heavy atom. The zero-order chi connectivity index (χ0) is 13.0. The highest BCUT2D eigenvalue weighted by molar-refractivity contribution is 5.26. The SMILES string of the molecule is FC(F)(F)c1cccc(COc2cc[c]cc2)c1. The van der Waals surface area contributed by atoms with Gasteiger partial charge in [0.15, 0.2) is 0 Å². The second-order valence-corrected chi connectivity index (χ2v) is 3.72. The smallest absolute Gasteiger partial charge is 0.416 e. The molecule has 0 fully saturated rings. The summed E-state index contributed by atoms with van der Waals surface area (Å²) in [5.41, 5.74) is -0.178. The molecule has 0 aliphatic rings. The molecule has 2 aromatic rings. The first-order valence-corrected chi connectivity index (χ1v) is 5.31. The Kier molecular flexibility index (Phi) is 3.55. The van der Waals surface area contributed by atoms with Gasteiger partial charge in [-0.25, -0.2) is 0 Å². The van der Waals surface area contributed by atoms with E-state index in [0.29, 0.717) is 11.3 Å². The Hall–Kier alpha value is -1.97. The van der Waals surface area contributed by atoms with E-state index in [1.807, 2.05) is 0 Å². The molecule has 0 aliphatic heterocycles. The second kappa shape index (κ2) is 5.12. The van der Waals surface area contributed by atoms with Crippen LogP contribution in [-0.4, -0.2) is 0 Å². The maximum atomic E-state index is 12.5. The lowest BCUT2D eigenvalue weighted by Gasteiger charge is -2.09. The lowest BCUT2D eigenvalue weighted by atomic mass is 10.1. The van der Waals surface area contributed by atoms with Crippen molar-refractivity contribution in [1.82, 2.24) is 0 Å². The molecule has 1 radical (unpaired) electrons. The minimum Gasteiger partial charge on any atom is -0.489 e. The minimum atomic E-state index is -4.32. The van der Waals surface area contributed by atoms with Crippen molar-refractivity contribution < 1.29 is 17.9 Å². The summed E-state index contributed by atoms with van der Waals surface area (Å²) < 4.78 is 42.8. The van der Waals surface area contributed by atoms with Crippen molar-refractivity contribution in [2.45, 2.75) is 12.8 Å². The normalized spacial score (nSPS) is 11.3. The molecule has 93 valence electrons. The van der Waals surface area contributed by atoms with Crippen molar-refractivity contribution in [2.24, 2.45) is 0 Å². The van der Waals surface area contributed by atoms with Gasteiger partial charge in [-0.05, 0) is 35.9 Å². The number of rotatable bonds is 3. The Bertz CT molecular complexity index is 506. The van der Waals surface area contributed by atoms with Gasteiger partial charge in [0.2, 0.25) is 0 Å². The lowest BCUT2D eigenvalue weighted by molar-refractivity contribution is -0.137. The van der Waals surface area contributed by atoms with E-state index in [1.165, 1.54) is 6.07 Å². The Balaban J connectivity index is 2.06. The average Bonchev–Trinajstić information content (AvgIpc) is 2.37. The van der Waals surface area contributed by atoms with Crippen molar-refractivity contribution in [3.05, 3.63) is 65.7 Å². The summed E-state index contributed by atoms with van der Waals surface area (Å²) in [6.45, 7) is 0.105. The number of hydrogen-bond acceptors (Lipinski definition) is 1. The zero-order valence-corrected chi connectivity index (χ0v) is 9.37. The Morgan fingerprint density at radius 1 is 1.06 bits per heavy atom. The Morgan fingerprint density at radius 3 is 2.44 bits per heavy atom. The van der Waals surface area contributed by atoms with Gasteiger partial charge in [-0.1, -0.05) is 24.3 Å². The number of hydrogen-bond donors (Lipinski definition) is 0. The molecular formula is C14H10F3O. The van der Waals surface area contributed by atoms with Crippen LogP contribution in [0.4, 0.5) is 13.2 Å². The van der Waals surface area contributed by atoms with E-state index >= 15 is 0 Å². The van der Waals surface area contributed by atoms with Gasteiger partial charge >= 0.3 is 6.18 Å². The number of halogens is 3. The molecule has 18 heavy (non-hydrogen) atoms. The van der Waals surface area contributed by atoms with Crippen LogP contribution in [-0.2, 0) is 12.8 Å². The van der Waals surface area contributed by atoms with Crippen LogP contribution in [0.15, 0.2) is 48.5 Å². The maximum Gasteiger partial charge on any atom is 0.416 e. The van der Waals surface area contributed by atoms with E-state index < -0.39 is 11.7 Å². The number of alkyl halides is 3. The first-order valence-electron chi connectivity index (χ1n) is 5.31. The average molecular weight is 251 g/mol. The van der Waals surface area contributed by atoms with Crippen LogP contribution in [0.3, 0.4) is 0 Å². The third kappa shape index (κ3) is 3.26. The van der Waals surface area contributed by atoms with Crippen LogP contribution in [0.2, 0.25) is 0 Å². The predicted octanol–water partition coefficient (Wildman–Crippen LogP) is 4.08. The van der Waals surface area contributed by atoms with E-state index in [1.54, 1.807) is 30.3 Å². The Labute approximate surface area is 103 Å². The molecular weight excluding hydrogens is 241 g/mol. The van der Waals surface area contributed by atoms with Crippen LogP contribution >= 0.6 is 0 Å². The summed E-state index contributed by atoms with van der Waals surface area (Å²) in [5, 5.41) is 0. The van der Waals surface area contributed by atoms with Crippen molar-refractivity contribution in [1.29, 1.82) is 0 Å². The third-order valence-electron chi connectivity index (χ3n) is 2.35. The monoisotopic (exact) mass is 251 g/mol. The van der Waals surface area contributed by atoms with E-state index in [9.17, 15) is 13.2 Å². The fourth-order valence-electron chi connectivity index (χ4n) is 1.47. The topological polar surface area (TPSA) is 9.23 Å². The van der Waals surface area contributed by atoms with Gasteiger partial charge in [-0.15, -0.1) is 0 Å². The zero-order valence-electron chi connectivity index (χ0n) is 9.37. The molecule has 0 saturated heterocycles. The first-order chi connectivity index (χ1) is 8.55. The molecule has 0 N–H and O–H groups in total. The van der Waals surface area contributed by atoms with Crippen LogP contribution in [0, 0.1) is 6.07 Å². The molecule has 0 bridgehead atoms. The summed E-state index contributed by atoms with van der Waals surface area (Å²) in [6, 6.07) is 14.7. The molecule has 0 unspecified atom stereocenters. The number of ether oxygens (including phenoxy) is 1. The fraction of sp³-hybridized carbons (Fsp3) is 0.143. The highest BCUT2D eigenvalue weighted by atomic mass is 19.4. The second-order valence-electron chi connectivity index (χ2n) is 3.72. The van der Waals surface area contributed by atoms with Gasteiger partial charge in [0.1, 0.15) is 12.4 Å². The van der Waals surface area contributed by atoms with Gasteiger partial charge in [0.25, 0.3) is 0 Å². The molecule has 0 atom stereocenters. The van der Waals surface area contributed by atoms with E-state index in [0.717, 1.165) is 12.1 Å². The highest BCUT2D eigenvalue weighted by Gasteiger charge is 2.30. The number of benzene rings is 2. The van der Waals surface area contributed by atoms with Gasteiger partial charge < -0.3 is 4.74 Å². The van der Waals surface area contributed by atoms with Crippen molar-refractivity contribution in [2.75, 3.05) is 0 Å². The van der Waals surface area contributed by atoms with Gasteiger partial charge in [-0.3, -0.25) is 0 Å². The van der Waals surface area contributed by atoms with Crippen LogP contribution in [0.5, 0.6) is 5.75 Å². The molecule has 0 aromatic heterocycles. The maximum absolute atomic E-state index is 12.5. The van der Waals surface area contributed by atoms with E-state index in [2.05, 4.69) is 6.07 Å². The summed E-state index contributed by atoms with van der Waals surface area (Å²) in [6.07, 6.45) is -4.32. The summed E-state index contributed by atoms with van der Waals surface area (Å²) in [4.78, 5) is 0. The summed E-state index contributed by atoms with van der Waals surface area (Å²) in [5.74, 6) is 0.603. The molecule has 0 spiro atoms. The van der Waals surface area contributed by atoms with Gasteiger partial charge in [-0.2, -0.15) is 13.2 Å². The van der Waals surface area contributed by atoms with Crippen LogP contribution in [0.25, 0.3) is 0 Å². The van der Waals surface area contributed by atoms with Crippen molar-refractivity contribution in [3.8, 4) is 5.75 Å². The van der Waals surface area contributed by atoms with Crippen LogP contribution < -0.4 is 4.74 Å². The van der Waals surface area contributed by atoms with E-state index in [4.69, 9.17) is 4.74 Å². The quantitative estimate of drug-likeness (QED) is 0.798. The predicted molar refractivity (Wildman–Crippen MR) is 61.1 cm³/mol. The van der Waals surface area contributed by atoms with Gasteiger partial charge in [0.05, 0.1) is 5.56 Å². The molecule has 0 heterocycles. The molecule has 2 aromatic carbocycles.